The standard InChI is InChI=1S/C20H18ClF4N3O3/c1-10-6-12(11(2)20(23,24)25)7-17(26-10)28-16(9-31-19(28)30)18(29)27(3)13-4-5-15(22)14(21)8-13/h4-8,11,16H,9H2,1-3H3. The summed E-state index contributed by atoms with van der Waals surface area (Å²) in [6.45, 7) is 2.16. The number of ether oxygens (including phenoxy) is 1. The van der Waals surface area contributed by atoms with Gasteiger partial charge in [0.15, 0.2) is 6.04 Å². The first-order valence-electron chi connectivity index (χ1n) is 9.14. The maximum Gasteiger partial charge on any atom is 0.416 e. The maximum absolute atomic E-state index is 13.4. The van der Waals surface area contributed by atoms with E-state index in [1.807, 2.05) is 0 Å². The molecule has 166 valence electrons. The van der Waals surface area contributed by atoms with E-state index >= 15 is 0 Å². The Bertz CT molecular complexity index is 1030. The van der Waals surface area contributed by atoms with E-state index in [0.29, 0.717) is 0 Å². The lowest BCUT2D eigenvalue weighted by molar-refractivity contribution is -0.146. The number of aryl methyl sites for hydroxylation is 1. The fourth-order valence-electron chi connectivity index (χ4n) is 3.14. The van der Waals surface area contributed by atoms with E-state index < -0.39 is 36.0 Å². The first-order valence-corrected chi connectivity index (χ1v) is 9.52. The predicted octanol–water partition coefficient (Wildman–Crippen LogP) is 4.84. The second-order valence-electron chi connectivity index (χ2n) is 7.12. The molecule has 1 aromatic carbocycles. The van der Waals surface area contributed by atoms with Crippen LogP contribution in [0.25, 0.3) is 0 Å². The number of rotatable bonds is 4. The fraction of sp³-hybridized carbons (Fsp3) is 0.350. The van der Waals surface area contributed by atoms with Gasteiger partial charge in [-0.25, -0.2) is 19.1 Å². The largest absolute Gasteiger partial charge is 0.446 e. The van der Waals surface area contributed by atoms with Crippen LogP contribution >= 0.6 is 11.6 Å². The van der Waals surface area contributed by atoms with Gasteiger partial charge < -0.3 is 9.64 Å². The second-order valence-corrected chi connectivity index (χ2v) is 7.53. The number of nitrogens with zero attached hydrogens (tertiary/aromatic N) is 3. The Balaban J connectivity index is 1.95. The van der Waals surface area contributed by atoms with Crippen LogP contribution in [0, 0.1) is 12.7 Å². The summed E-state index contributed by atoms with van der Waals surface area (Å²) in [6.07, 6.45) is -5.40. The van der Waals surface area contributed by atoms with E-state index in [-0.39, 0.29) is 34.4 Å². The molecule has 1 aliphatic heterocycles. The number of likely N-dealkylation sites (N-methyl/N-ethyl adjacent to an activating group) is 1. The molecule has 11 heteroatoms. The molecule has 2 heterocycles. The molecule has 1 fully saturated rings. The number of hydrogen-bond donors (Lipinski definition) is 0. The van der Waals surface area contributed by atoms with Crippen LogP contribution in [0.2, 0.25) is 5.02 Å². The number of aromatic nitrogens is 1. The Morgan fingerprint density at radius 1 is 1.32 bits per heavy atom. The van der Waals surface area contributed by atoms with Gasteiger partial charge in [-0.2, -0.15) is 13.2 Å². The predicted molar refractivity (Wildman–Crippen MR) is 106 cm³/mol. The first kappa shape index (κ1) is 22.8. The van der Waals surface area contributed by atoms with Crippen LogP contribution in [0.5, 0.6) is 0 Å². The van der Waals surface area contributed by atoms with Crippen molar-refractivity contribution in [3.63, 3.8) is 0 Å². The van der Waals surface area contributed by atoms with Crippen LogP contribution in [0.1, 0.15) is 24.1 Å². The monoisotopic (exact) mass is 459 g/mol. The Hall–Kier alpha value is -2.88. The van der Waals surface area contributed by atoms with Crippen molar-refractivity contribution >= 4 is 35.1 Å². The second kappa shape index (κ2) is 8.33. The molecule has 3 rings (SSSR count). The summed E-state index contributed by atoms with van der Waals surface area (Å²) >= 11 is 5.77. The van der Waals surface area contributed by atoms with E-state index in [1.165, 1.54) is 32.2 Å². The molecule has 0 N–H and O–H groups in total. The van der Waals surface area contributed by atoms with Crippen LogP contribution in [0.3, 0.4) is 0 Å². The highest BCUT2D eigenvalue weighted by Gasteiger charge is 2.43. The quantitative estimate of drug-likeness (QED) is 0.614. The molecule has 2 amide bonds. The van der Waals surface area contributed by atoms with Crippen LogP contribution in [0.4, 0.5) is 33.9 Å². The zero-order valence-corrected chi connectivity index (χ0v) is 17.5. The summed E-state index contributed by atoms with van der Waals surface area (Å²) in [4.78, 5) is 31.6. The number of cyclic esters (lactones) is 1. The summed E-state index contributed by atoms with van der Waals surface area (Å²) in [5.74, 6) is -3.20. The first-order chi connectivity index (χ1) is 14.4. The van der Waals surface area contributed by atoms with Gasteiger partial charge in [-0.3, -0.25) is 4.79 Å². The molecule has 31 heavy (non-hydrogen) atoms. The van der Waals surface area contributed by atoms with Crippen molar-refractivity contribution in [2.45, 2.75) is 32.0 Å². The van der Waals surface area contributed by atoms with E-state index in [4.69, 9.17) is 16.3 Å². The van der Waals surface area contributed by atoms with Gasteiger partial charge in [-0.05, 0) is 49.7 Å². The van der Waals surface area contributed by atoms with Gasteiger partial charge in [0.1, 0.15) is 18.2 Å². The molecule has 0 radical (unpaired) electrons. The van der Waals surface area contributed by atoms with Crippen molar-refractivity contribution in [3.05, 3.63) is 52.4 Å². The topological polar surface area (TPSA) is 62.7 Å². The Morgan fingerprint density at radius 2 is 2.00 bits per heavy atom. The molecule has 1 aliphatic rings. The number of anilines is 2. The van der Waals surface area contributed by atoms with Crippen molar-refractivity contribution in [3.8, 4) is 0 Å². The zero-order valence-electron chi connectivity index (χ0n) is 16.7. The van der Waals surface area contributed by atoms with Gasteiger partial charge in [-0.15, -0.1) is 0 Å². The maximum atomic E-state index is 13.4. The molecular formula is C20H18ClF4N3O3. The normalized spacial score (nSPS) is 17.5. The van der Waals surface area contributed by atoms with Crippen molar-refractivity contribution in [2.24, 2.45) is 0 Å². The third kappa shape index (κ3) is 4.58. The Kier molecular flexibility index (Phi) is 6.13. The smallest absolute Gasteiger partial charge is 0.416 e. The Morgan fingerprint density at radius 3 is 2.61 bits per heavy atom. The minimum Gasteiger partial charge on any atom is -0.446 e. The number of benzene rings is 1. The van der Waals surface area contributed by atoms with Gasteiger partial charge in [0.25, 0.3) is 5.91 Å². The van der Waals surface area contributed by atoms with Gasteiger partial charge in [0, 0.05) is 18.4 Å². The number of pyridine rings is 1. The third-order valence-corrected chi connectivity index (χ3v) is 5.27. The highest BCUT2D eigenvalue weighted by molar-refractivity contribution is 6.31. The number of carbonyl (C=O) groups excluding carboxylic acids is 2. The van der Waals surface area contributed by atoms with Gasteiger partial charge in [0.2, 0.25) is 0 Å². The fourth-order valence-corrected chi connectivity index (χ4v) is 3.32. The number of hydrogen-bond acceptors (Lipinski definition) is 4. The molecule has 0 aliphatic carbocycles. The van der Waals surface area contributed by atoms with Crippen LogP contribution in [0.15, 0.2) is 30.3 Å². The van der Waals surface area contributed by atoms with Crippen molar-refractivity contribution in [1.82, 2.24) is 4.98 Å². The summed E-state index contributed by atoms with van der Waals surface area (Å²) < 4.78 is 58.0. The molecule has 0 saturated carbocycles. The molecule has 6 nitrogen and oxygen atoms in total. The number of halogens is 5. The lowest BCUT2D eigenvalue weighted by Crippen LogP contribution is -2.47. The molecule has 2 atom stereocenters. The number of amides is 2. The Labute approximate surface area is 180 Å². The summed E-state index contributed by atoms with van der Waals surface area (Å²) in [7, 11) is 1.40. The van der Waals surface area contributed by atoms with E-state index in [9.17, 15) is 27.2 Å². The van der Waals surface area contributed by atoms with Gasteiger partial charge >= 0.3 is 12.3 Å². The lowest BCUT2D eigenvalue weighted by Gasteiger charge is -2.26. The van der Waals surface area contributed by atoms with E-state index in [0.717, 1.165) is 28.9 Å². The van der Waals surface area contributed by atoms with Crippen molar-refractivity contribution in [1.29, 1.82) is 0 Å². The number of carbonyl (C=O) groups is 2. The van der Waals surface area contributed by atoms with E-state index in [2.05, 4.69) is 4.98 Å². The molecule has 0 bridgehead atoms. The average molecular weight is 460 g/mol. The van der Waals surface area contributed by atoms with Crippen LogP contribution in [-0.2, 0) is 9.53 Å². The summed E-state index contributed by atoms with van der Waals surface area (Å²) in [5, 5.41) is -0.195. The summed E-state index contributed by atoms with van der Waals surface area (Å²) in [6, 6.07) is 4.87. The van der Waals surface area contributed by atoms with Crippen LogP contribution < -0.4 is 9.80 Å². The SMILES string of the molecule is Cc1cc(C(C)C(F)(F)F)cc(N2C(=O)OCC2C(=O)N(C)c2ccc(F)c(Cl)c2)n1. The van der Waals surface area contributed by atoms with Crippen LogP contribution in [-0.4, -0.2) is 42.9 Å². The average Bonchev–Trinajstić information content (AvgIpc) is 3.08. The minimum absolute atomic E-state index is 0.0976. The van der Waals surface area contributed by atoms with E-state index in [1.54, 1.807) is 0 Å². The summed E-state index contributed by atoms with van der Waals surface area (Å²) in [5.41, 5.74) is 0.409. The molecule has 2 aromatic rings. The molecule has 2 unspecified atom stereocenters. The highest BCUT2D eigenvalue weighted by Crippen LogP contribution is 2.36. The molecule has 1 aromatic heterocycles. The molecular weight excluding hydrogens is 442 g/mol. The molecule has 1 saturated heterocycles. The lowest BCUT2D eigenvalue weighted by atomic mass is 10.0. The molecule has 0 spiro atoms. The third-order valence-electron chi connectivity index (χ3n) is 4.98. The van der Waals surface area contributed by atoms with Gasteiger partial charge in [0.05, 0.1) is 10.9 Å². The minimum atomic E-state index is -4.49. The highest BCUT2D eigenvalue weighted by atomic mass is 35.5. The zero-order chi connectivity index (χ0) is 23.1. The van der Waals surface area contributed by atoms with Crippen molar-refractivity contribution < 1.29 is 31.9 Å². The number of alkyl halides is 3. The van der Waals surface area contributed by atoms with Gasteiger partial charge in [-0.1, -0.05) is 11.6 Å². The van der Waals surface area contributed by atoms with Crippen molar-refractivity contribution in [2.75, 3.05) is 23.5 Å².